The molecular formula is C19H32N4O2. The molecule has 0 aliphatic carbocycles. The molecule has 25 heavy (non-hydrogen) atoms. The molecule has 1 heterocycles. The fourth-order valence-corrected chi connectivity index (χ4v) is 2.90. The van der Waals surface area contributed by atoms with Gasteiger partial charge in [0.1, 0.15) is 5.75 Å². The van der Waals surface area contributed by atoms with Gasteiger partial charge in [-0.2, -0.15) is 0 Å². The Balaban J connectivity index is 1.85. The van der Waals surface area contributed by atoms with Crippen LogP contribution in [0.2, 0.25) is 0 Å². The first-order valence-corrected chi connectivity index (χ1v) is 9.19. The maximum Gasteiger partial charge on any atom is 0.191 e. The molecule has 1 fully saturated rings. The first-order chi connectivity index (χ1) is 12.2. The smallest absolute Gasteiger partial charge is 0.191 e. The number of hydrogen-bond acceptors (Lipinski definition) is 4. The van der Waals surface area contributed by atoms with E-state index in [1.807, 2.05) is 18.2 Å². The van der Waals surface area contributed by atoms with Crippen molar-refractivity contribution >= 4 is 5.96 Å². The van der Waals surface area contributed by atoms with E-state index in [2.05, 4.69) is 35.4 Å². The second kappa shape index (κ2) is 10.9. The minimum absolute atomic E-state index is 0.297. The van der Waals surface area contributed by atoms with E-state index < -0.39 is 0 Å². The van der Waals surface area contributed by atoms with Crippen molar-refractivity contribution in [1.29, 1.82) is 0 Å². The van der Waals surface area contributed by atoms with Gasteiger partial charge < -0.3 is 20.1 Å². The molecule has 0 bridgehead atoms. The standard InChI is InChI=1S/C19H32N4O2/c1-4-20-19(21-9-10-23-11-13-25-14-12-23)22-15-16(2)17-7-5-6-8-18(17)24-3/h5-8,16H,4,9-15H2,1-3H3,(H2,20,21,22). The van der Waals surface area contributed by atoms with E-state index in [-0.39, 0.29) is 0 Å². The van der Waals surface area contributed by atoms with Crippen molar-refractivity contribution in [3.63, 3.8) is 0 Å². The minimum atomic E-state index is 0.297. The molecule has 1 aromatic carbocycles. The van der Waals surface area contributed by atoms with E-state index >= 15 is 0 Å². The molecule has 2 rings (SSSR count). The summed E-state index contributed by atoms with van der Waals surface area (Å²) in [5.41, 5.74) is 1.19. The molecule has 1 atom stereocenters. The van der Waals surface area contributed by atoms with Crippen molar-refractivity contribution < 1.29 is 9.47 Å². The van der Waals surface area contributed by atoms with Crippen LogP contribution in [0.5, 0.6) is 5.75 Å². The number of nitrogens with one attached hydrogen (secondary N) is 2. The average molecular weight is 348 g/mol. The average Bonchev–Trinajstić information content (AvgIpc) is 2.66. The zero-order valence-corrected chi connectivity index (χ0v) is 15.8. The fourth-order valence-electron chi connectivity index (χ4n) is 2.90. The summed E-state index contributed by atoms with van der Waals surface area (Å²) in [6, 6.07) is 8.15. The van der Waals surface area contributed by atoms with Gasteiger partial charge in [0, 0.05) is 45.2 Å². The number of benzene rings is 1. The van der Waals surface area contributed by atoms with Crippen LogP contribution in [0.1, 0.15) is 25.3 Å². The van der Waals surface area contributed by atoms with Crippen molar-refractivity contribution in [2.45, 2.75) is 19.8 Å². The summed E-state index contributed by atoms with van der Waals surface area (Å²) < 4.78 is 10.8. The largest absolute Gasteiger partial charge is 0.496 e. The van der Waals surface area contributed by atoms with Crippen LogP contribution in [0.3, 0.4) is 0 Å². The van der Waals surface area contributed by atoms with E-state index in [1.165, 1.54) is 5.56 Å². The van der Waals surface area contributed by atoms with Crippen molar-refractivity contribution in [3.05, 3.63) is 29.8 Å². The van der Waals surface area contributed by atoms with Crippen molar-refractivity contribution in [2.75, 3.05) is 59.6 Å². The van der Waals surface area contributed by atoms with Gasteiger partial charge in [-0.25, -0.2) is 0 Å². The van der Waals surface area contributed by atoms with E-state index in [9.17, 15) is 0 Å². The lowest BCUT2D eigenvalue weighted by atomic mass is 10.0. The van der Waals surface area contributed by atoms with E-state index in [4.69, 9.17) is 14.5 Å². The van der Waals surface area contributed by atoms with Crippen LogP contribution in [0, 0.1) is 0 Å². The van der Waals surface area contributed by atoms with Gasteiger partial charge in [-0.1, -0.05) is 25.1 Å². The Hall–Kier alpha value is -1.79. The molecule has 0 aromatic heterocycles. The van der Waals surface area contributed by atoms with Gasteiger partial charge in [-0.3, -0.25) is 9.89 Å². The first-order valence-electron chi connectivity index (χ1n) is 9.19. The van der Waals surface area contributed by atoms with Gasteiger partial charge in [0.25, 0.3) is 0 Å². The molecule has 6 heteroatoms. The summed E-state index contributed by atoms with van der Waals surface area (Å²) in [6.45, 7) is 11.4. The lowest BCUT2D eigenvalue weighted by Crippen LogP contribution is -2.44. The van der Waals surface area contributed by atoms with Crippen LogP contribution < -0.4 is 15.4 Å². The summed E-state index contributed by atoms with van der Waals surface area (Å²) in [5.74, 6) is 2.10. The number of morpholine rings is 1. The normalized spacial score (nSPS) is 17.2. The Morgan fingerprint density at radius 3 is 2.76 bits per heavy atom. The number of hydrogen-bond donors (Lipinski definition) is 2. The fraction of sp³-hybridized carbons (Fsp3) is 0.632. The van der Waals surface area contributed by atoms with Gasteiger partial charge in [-0.05, 0) is 18.6 Å². The van der Waals surface area contributed by atoms with Crippen LogP contribution in [0.4, 0.5) is 0 Å². The molecule has 140 valence electrons. The molecule has 1 aromatic rings. The van der Waals surface area contributed by atoms with Crippen LogP contribution in [-0.2, 0) is 4.74 Å². The highest BCUT2D eigenvalue weighted by Gasteiger charge is 2.12. The second-order valence-corrected chi connectivity index (χ2v) is 6.24. The lowest BCUT2D eigenvalue weighted by molar-refractivity contribution is 0.0389. The highest BCUT2D eigenvalue weighted by Crippen LogP contribution is 2.26. The summed E-state index contributed by atoms with van der Waals surface area (Å²) in [6.07, 6.45) is 0. The van der Waals surface area contributed by atoms with Crippen LogP contribution >= 0.6 is 0 Å². The molecule has 1 saturated heterocycles. The summed E-state index contributed by atoms with van der Waals surface area (Å²) in [5, 5.41) is 6.75. The first kappa shape index (κ1) is 19.5. The zero-order chi connectivity index (χ0) is 17.9. The van der Waals surface area contributed by atoms with Crippen molar-refractivity contribution in [2.24, 2.45) is 4.99 Å². The predicted molar refractivity (Wildman–Crippen MR) is 103 cm³/mol. The molecule has 1 unspecified atom stereocenters. The molecule has 6 nitrogen and oxygen atoms in total. The van der Waals surface area contributed by atoms with Crippen molar-refractivity contribution in [1.82, 2.24) is 15.5 Å². The number of methoxy groups -OCH3 is 1. The Morgan fingerprint density at radius 1 is 1.28 bits per heavy atom. The van der Waals surface area contributed by atoms with E-state index in [1.54, 1.807) is 7.11 Å². The third-order valence-corrected chi connectivity index (χ3v) is 4.36. The minimum Gasteiger partial charge on any atom is -0.496 e. The number of aliphatic imine (C=N–C) groups is 1. The number of rotatable bonds is 8. The van der Waals surface area contributed by atoms with Crippen LogP contribution in [-0.4, -0.2) is 70.5 Å². The van der Waals surface area contributed by atoms with Gasteiger partial charge >= 0.3 is 0 Å². The van der Waals surface area contributed by atoms with Crippen LogP contribution in [0.25, 0.3) is 0 Å². The van der Waals surface area contributed by atoms with Gasteiger partial charge in [0.15, 0.2) is 5.96 Å². The summed E-state index contributed by atoms with van der Waals surface area (Å²) >= 11 is 0. The molecule has 1 aliphatic heterocycles. The summed E-state index contributed by atoms with van der Waals surface area (Å²) in [4.78, 5) is 7.16. The summed E-state index contributed by atoms with van der Waals surface area (Å²) in [7, 11) is 1.71. The van der Waals surface area contributed by atoms with E-state index in [0.717, 1.165) is 57.6 Å². The van der Waals surface area contributed by atoms with Crippen molar-refractivity contribution in [3.8, 4) is 5.75 Å². The predicted octanol–water partition coefficient (Wildman–Crippen LogP) is 1.69. The third-order valence-electron chi connectivity index (χ3n) is 4.36. The van der Waals surface area contributed by atoms with Gasteiger partial charge in [0.05, 0.1) is 20.3 Å². The highest BCUT2D eigenvalue weighted by atomic mass is 16.5. The third kappa shape index (κ3) is 6.55. The molecule has 1 aliphatic rings. The topological polar surface area (TPSA) is 58.1 Å². The van der Waals surface area contributed by atoms with Gasteiger partial charge in [0.2, 0.25) is 0 Å². The Labute approximate surface area is 151 Å². The second-order valence-electron chi connectivity index (χ2n) is 6.24. The zero-order valence-electron chi connectivity index (χ0n) is 15.8. The monoisotopic (exact) mass is 348 g/mol. The van der Waals surface area contributed by atoms with Crippen LogP contribution in [0.15, 0.2) is 29.3 Å². The number of para-hydroxylation sites is 1. The SMILES string of the molecule is CCNC(=NCC(C)c1ccccc1OC)NCCN1CCOCC1. The molecule has 0 spiro atoms. The lowest BCUT2D eigenvalue weighted by Gasteiger charge is -2.26. The molecule has 2 N–H and O–H groups in total. The number of guanidine groups is 1. The molecule has 0 saturated carbocycles. The Bertz CT molecular complexity index is 530. The number of nitrogens with zero attached hydrogens (tertiary/aromatic N) is 2. The Kier molecular flexibility index (Phi) is 8.55. The maximum absolute atomic E-state index is 5.46. The van der Waals surface area contributed by atoms with Gasteiger partial charge in [-0.15, -0.1) is 0 Å². The quantitative estimate of drug-likeness (QED) is 0.553. The molecule has 0 radical (unpaired) electrons. The molecule has 0 amide bonds. The highest BCUT2D eigenvalue weighted by molar-refractivity contribution is 5.79. The van der Waals surface area contributed by atoms with E-state index in [0.29, 0.717) is 12.5 Å². The number of ether oxygens (including phenoxy) is 2. The maximum atomic E-state index is 5.46. The molecular weight excluding hydrogens is 316 g/mol. The Morgan fingerprint density at radius 2 is 2.04 bits per heavy atom.